The summed E-state index contributed by atoms with van der Waals surface area (Å²) >= 11 is 0. The van der Waals surface area contributed by atoms with Gasteiger partial charge in [-0.2, -0.15) is 0 Å². The Labute approximate surface area is 248 Å². The van der Waals surface area contributed by atoms with Crippen molar-refractivity contribution in [1.82, 2.24) is 0 Å². The first-order chi connectivity index (χ1) is 20.6. The fraction of sp³-hybridized carbons (Fsp3) is 0.278. The molecule has 1 unspecified atom stereocenters. The van der Waals surface area contributed by atoms with Crippen molar-refractivity contribution >= 4 is 0 Å². The van der Waals surface area contributed by atoms with Crippen LogP contribution < -0.4 is 0 Å². The van der Waals surface area contributed by atoms with Gasteiger partial charge in [0.2, 0.25) is 5.79 Å². The monoisotopic (exact) mass is 566 g/mol. The van der Waals surface area contributed by atoms with Gasteiger partial charge in [-0.25, -0.2) is 0 Å². The zero-order valence-electron chi connectivity index (χ0n) is 23.7. The minimum Gasteiger partial charge on any atom is -0.371 e. The normalized spacial score (nSPS) is 20.5. The highest BCUT2D eigenvalue weighted by Gasteiger charge is 2.51. The van der Waals surface area contributed by atoms with Crippen LogP contribution in [0.4, 0.5) is 0 Å². The Morgan fingerprint density at radius 2 is 1.14 bits per heavy atom. The molecule has 1 fully saturated rings. The molecule has 218 valence electrons. The van der Waals surface area contributed by atoms with E-state index in [9.17, 15) is 5.11 Å². The van der Waals surface area contributed by atoms with Crippen LogP contribution in [0.25, 0.3) is 0 Å². The van der Waals surface area contributed by atoms with E-state index in [0.717, 1.165) is 22.3 Å². The third-order valence-electron chi connectivity index (χ3n) is 7.27. The third-order valence-corrected chi connectivity index (χ3v) is 7.27. The van der Waals surface area contributed by atoms with Gasteiger partial charge in [-0.15, -0.1) is 0 Å². The SMILES string of the molecule is C=C[C@@](O)(OCc1ccccc1)[C@@H](OCc1ccccc1)[C@H]1OC(OCc2ccccc2)C[C@H]1OCc1ccccc1. The molecule has 5 atom stereocenters. The molecule has 42 heavy (non-hydrogen) atoms. The number of hydrogen-bond donors (Lipinski definition) is 1. The summed E-state index contributed by atoms with van der Waals surface area (Å²) in [6.07, 6.45) is -0.856. The lowest BCUT2D eigenvalue weighted by atomic mass is 9.98. The van der Waals surface area contributed by atoms with Gasteiger partial charge in [-0.05, 0) is 28.3 Å². The molecule has 0 spiro atoms. The molecule has 5 rings (SSSR count). The Balaban J connectivity index is 1.39. The molecule has 0 saturated carbocycles. The van der Waals surface area contributed by atoms with E-state index in [1.54, 1.807) is 0 Å². The Morgan fingerprint density at radius 1 is 0.690 bits per heavy atom. The summed E-state index contributed by atoms with van der Waals surface area (Å²) in [5, 5.41) is 11.9. The lowest BCUT2D eigenvalue weighted by molar-refractivity contribution is -0.283. The maximum atomic E-state index is 11.9. The van der Waals surface area contributed by atoms with E-state index in [-0.39, 0.29) is 13.2 Å². The van der Waals surface area contributed by atoms with E-state index in [0.29, 0.717) is 19.6 Å². The summed E-state index contributed by atoms with van der Waals surface area (Å²) < 4.78 is 31.7. The van der Waals surface area contributed by atoms with E-state index < -0.39 is 30.4 Å². The standard InChI is InChI=1S/C36H38O6/c1-2-36(37,41-27-31-21-13-6-14-22-31)35(40-26-30-19-11-5-12-20-30)34-32(38-24-28-15-7-3-8-16-28)23-33(42-34)39-25-29-17-9-4-10-18-29/h2-22,32-35,37H,1,23-27H2/t32-,33?,34+,35+,36-/m1/s1. The maximum Gasteiger partial charge on any atom is 0.215 e. The number of hydrogen-bond acceptors (Lipinski definition) is 6. The molecule has 4 aromatic carbocycles. The number of rotatable bonds is 15. The van der Waals surface area contributed by atoms with Gasteiger partial charge in [0.05, 0.1) is 32.5 Å². The van der Waals surface area contributed by atoms with Gasteiger partial charge in [0, 0.05) is 6.42 Å². The van der Waals surface area contributed by atoms with E-state index in [2.05, 4.69) is 6.58 Å². The summed E-state index contributed by atoms with van der Waals surface area (Å²) in [5.41, 5.74) is 3.93. The molecule has 0 aliphatic carbocycles. The quantitative estimate of drug-likeness (QED) is 0.130. The fourth-order valence-corrected chi connectivity index (χ4v) is 4.96. The third kappa shape index (κ3) is 8.23. The average Bonchev–Trinajstić information content (AvgIpc) is 3.46. The Hall–Kier alpha value is -3.62. The number of ether oxygens (including phenoxy) is 5. The highest BCUT2D eigenvalue weighted by atomic mass is 16.7. The maximum absolute atomic E-state index is 11.9. The molecular formula is C36H38O6. The topological polar surface area (TPSA) is 66.4 Å². The Kier molecular flexibility index (Phi) is 10.7. The van der Waals surface area contributed by atoms with Crippen LogP contribution in [0.15, 0.2) is 134 Å². The molecule has 6 heteroatoms. The second-order valence-electron chi connectivity index (χ2n) is 10.3. The molecule has 6 nitrogen and oxygen atoms in total. The highest BCUT2D eigenvalue weighted by Crippen LogP contribution is 2.35. The van der Waals surface area contributed by atoms with Crippen molar-refractivity contribution < 1.29 is 28.8 Å². The first kappa shape index (κ1) is 29.9. The molecule has 1 heterocycles. The largest absolute Gasteiger partial charge is 0.371 e. The molecule has 1 aliphatic heterocycles. The molecule has 1 N–H and O–H groups in total. The van der Waals surface area contributed by atoms with Crippen LogP contribution in [0, 0.1) is 0 Å². The van der Waals surface area contributed by atoms with Crippen molar-refractivity contribution in [3.8, 4) is 0 Å². The number of aliphatic hydroxyl groups is 1. The highest BCUT2D eigenvalue weighted by molar-refractivity contribution is 5.17. The van der Waals surface area contributed by atoms with E-state index in [4.69, 9.17) is 23.7 Å². The lowest BCUT2D eigenvalue weighted by Crippen LogP contribution is -2.54. The molecular weight excluding hydrogens is 528 g/mol. The van der Waals surface area contributed by atoms with E-state index in [1.807, 2.05) is 121 Å². The summed E-state index contributed by atoms with van der Waals surface area (Å²) in [4.78, 5) is 0. The van der Waals surface area contributed by atoms with Crippen LogP contribution in [0.1, 0.15) is 28.7 Å². The second-order valence-corrected chi connectivity index (χ2v) is 10.3. The minimum absolute atomic E-state index is 0.157. The predicted molar refractivity (Wildman–Crippen MR) is 161 cm³/mol. The van der Waals surface area contributed by atoms with Crippen LogP contribution in [0.5, 0.6) is 0 Å². The summed E-state index contributed by atoms with van der Waals surface area (Å²) in [6.45, 7) is 5.07. The zero-order chi connectivity index (χ0) is 29.0. The van der Waals surface area contributed by atoms with E-state index in [1.165, 1.54) is 6.08 Å². The summed E-state index contributed by atoms with van der Waals surface area (Å²) in [5.74, 6) is -1.88. The van der Waals surface area contributed by atoms with Crippen molar-refractivity contribution in [1.29, 1.82) is 0 Å². The van der Waals surface area contributed by atoms with Gasteiger partial charge in [0.25, 0.3) is 0 Å². The van der Waals surface area contributed by atoms with Crippen LogP contribution in [-0.2, 0) is 50.1 Å². The van der Waals surface area contributed by atoms with Crippen molar-refractivity contribution in [2.45, 2.75) is 63.2 Å². The van der Waals surface area contributed by atoms with Crippen molar-refractivity contribution in [3.63, 3.8) is 0 Å². The molecule has 0 bridgehead atoms. The predicted octanol–water partition coefficient (Wildman–Crippen LogP) is 6.58. The molecule has 0 amide bonds. The van der Waals surface area contributed by atoms with Crippen LogP contribution in [0.2, 0.25) is 0 Å². The Bertz CT molecular complexity index is 1330. The van der Waals surface area contributed by atoms with Crippen LogP contribution in [-0.4, -0.2) is 35.5 Å². The van der Waals surface area contributed by atoms with Gasteiger partial charge in [-0.3, -0.25) is 0 Å². The van der Waals surface area contributed by atoms with Crippen LogP contribution >= 0.6 is 0 Å². The van der Waals surface area contributed by atoms with Gasteiger partial charge >= 0.3 is 0 Å². The smallest absolute Gasteiger partial charge is 0.215 e. The average molecular weight is 567 g/mol. The first-order valence-corrected chi connectivity index (χ1v) is 14.3. The van der Waals surface area contributed by atoms with Gasteiger partial charge in [0.1, 0.15) is 12.2 Å². The molecule has 0 aromatic heterocycles. The minimum atomic E-state index is -1.88. The zero-order valence-corrected chi connectivity index (χ0v) is 23.7. The molecule has 1 saturated heterocycles. The molecule has 4 aromatic rings. The van der Waals surface area contributed by atoms with Crippen molar-refractivity contribution in [3.05, 3.63) is 156 Å². The summed E-state index contributed by atoms with van der Waals surface area (Å²) in [6, 6.07) is 39.4. The number of benzene rings is 4. The fourth-order valence-electron chi connectivity index (χ4n) is 4.96. The summed E-state index contributed by atoms with van der Waals surface area (Å²) in [7, 11) is 0. The van der Waals surface area contributed by atoms with E-state index >= 15 is 0 Å². The first-order valence-electron chi connectivity index (χ1n) is 14.3. The molecule has 1 aliphatic rings. The van der Waals surface area contributed by atoms with Gasteiger partial charge in [0.15, 0.2) is 6.29 Å². The molecule has 0 radical (unpaired) electrons. The lowest BCUT2D eigenvalue weighted by Gasteiger charge is -2.38. The van der Waals surface area contributed by atoms with Gasteiger partial charge in [-0.1, -0.05) is 128 Å². The second kappa shape index (κ2) is 15.0. The van der Waals surface area contributed by atoms with Crippen molar-refractivity contribution in [2.24, 2.45) is 0 Å². The van der Waals surface area contributed by atoms with Crippen molar-refractivity contribution in [2.75, 3.05) is 0 Å². The van der Waals surface area contributed by atoms with Gasteiger partial charge < -0.3 is 28.8 Å². The Morgan fingerprint density at radius 3 is 1.64 bits per heavy atom. The van der Waals surface area contributed by atoms with Crippen LogP contribution in [0.3, 0.4) is 0 Å².